The molecule has 0 aliphatic heterocycles. The van der Waals surface area contributed by atoms with E-state index in [2.05, 4.69) is 6.92 Å². The van der Waals surface area contributed by atoms with Crippen molar-refractivity contribution in [2.45, 2.75) is 77.1 Å². The maximum Gasteiger partial charge on any atom is 0.319 e. The minimum absolute atomic E-state index is 0.0381. The first-order valence-corrected chi connectivity index (χ1v) is 8.62. The lowest BCUT2D eigenvalue weighted by atomic mass is 10.1. The smallest absolute Gasteiger partial charge is 0.319 e. The third-order valence-corrected chi connectivity index (χ3v) is 4.29. The van der Waals surface area contributed by atoms with E-state index in [1.54, 1.807) is 11.8 Å². The lowest BCUT2D eigenvalue weighted by molar-refractivity contribution is -0.143. The Kier molecular flexibility index (Phi) is 12.6. The summed E-state index contributed by atoms with van der Waals surface area (Å²) in [6, 6.07) is 0. The van der Waals surface area contributed by atoms with Crippen molar-refractivity contribution in [1.82, 2.24) is 0 Å². The topological polar surface area (TPSA) is 26.3 Å². The van der Waals surface area contributed by atoms with Gasteiger partial charge in [-0.3, -0.25) is 4.79 Å². The molecule has 4 heteroatoms. The molecule has 0 aromatic heterocycles. The molecule has 114 valence electrons. The zero-order valence-corrected chi connectivity index (χ0v) is 13.4. The van der Waals surface area contributed by atoms with Crippen LogP contribution >= 0.6 is 11.8 Å². The second-order valence-electron chi connectivity index (χ2n) is 4.82. The molecule has 0 N–H and O–H groups in total. The minimum atomic E-state index is -0.661. The summed E-state index contributed by atoms with van der Waals surface area (Å²) in [5.41, 5.74) is 0. The Labute approximate surface area is 121 Å². The summed E-state index contributed by atoms with van der Waals surface area (Å²) in [5, 5.41) is -0.0381. The third kappa shape index (κ3) is 10.2. The van der Waals surface area contributed by atoms with E-state index in [1.165, 1.54) is 0 Å². The average Bonchev–Trinajstić information content (AvgIpc) is 2.42. The SMILES string of the molecule is CCCOC(=O)C(CCC)SCCCCC(F)CC. The van der Waals surface area contributed by atoms with Gasteiger partial charge < -0.3 is 4.74 Å². The van der Waals surface area contributed by atoms with Gasteiger partial charge in [-0.05, 0) is 44.3 Å². The lowest BCUT2D eigenvalue weighted by Gasteiger charge is -2.14. The zero-order chi connectivity index (χ0) is 14.5. The predicted octanol–water partition coefficient (Wildman–Crippen LogP) is 4.76. The Hall–Kier alpha value is -0.250. The van der Waals surface area contributed by atoms with Gasteiger partial charge in [-0.1, -0.05) is 27.2 Å². The van der Waals surface area contributed by atoms with Crippen molar-refractivity contribution < 1.29 is 13.9 Å². The average molecular weight is 292 g/mol. The molecular weight excluding hydrogens is 263 g/mol. The van der Waals surface area contributed by atoms with Crippen LogP contribution in [-0.4, -0.2) is 29.8 Å². The second-order valence-corrected chi connectivity index (χ2v) is 6.13. The van der Waals surface area contributed by atoms with Crippen molar-refractivity contribution in [2.24, 2.45) is 0 Å². The number of halogens is 1. The first-order valence-electron chi connectivity index (χ1n) is 7.57. The van der Waals surface area contributed by atoms with Crippen LogP contribution in [0.3, 0.4) is 0 Å². The highest BCUT2D eigenvalue weighted by Crippen LogP contribution is 2.20. The van der Waals surface area contributed by atoms with Crippen LogP contribution in [0.15, 0.2) is 0 Å². The fourth-order valence-electron chi connectivity index (χ4n) is 1.72. The number of carbonyl (C=O) groups is 1. The lowest BCUT2D eigenvalue weighted by Crippen LogP contribution is -2.21. The number of carbonyl (C=O) groups excluding carboxylic acids is 1. The summed E-state index contributed by atoms with van der Waals surface area (Å²) in [6.07, 6.45) is 5.20. The zero-order valence-electron chi connectivity index (χ0n) is 12.6. The molecule has 0 bridgehead atoms. The normalized spacial score (nSPS) is 14.1. The van der Waals surface area contributed by atoms with E-state index in [9.17, 15) is 9.18 Å². The first-order chi connectivity index (χ1) is 9.15. The molecule has 0 radical (unpaired) electrons. The van der Waals surface area contributed by atoms with Crippen LogP contribution in [0.4, 0.5) is 4.39 Å². The standard InChI is InChI=1S/C15H29FO2S/c1-4-9-14(15(17)18-11-5-2)19-12-8-7-10-13(16)6-3/h13-14H,4-12H2,1-3H3. The van der Waals surface area contributed by atoms with E-state index in [4.69, 9.17) is 4.74 Å². The Morgan fingerprint density at radius 2 is 1.89 bits per heavy atom. The minimum Gasteiger partial charge on any atom is -0.465 e. The van der Waals surface area contributed by atoms with E-state index in [0.29, 0.717) is 19.4 Å². The fraction of sp³-hybridized carbons (Fsp3) is 0.933. The number of unbranched alkanes of at least 4 members (excludes halogenated alkanes) is 1. The summed E-state index contributed by atoms with van der Waals surface area (Å²) in [7, 11) is 0. The molecular formula is C15H29FO2S. The van der Waals surface area contributed by atoms with Crippen molar-refractivity contribution in [3.63, 3.8) is 0 Å². The molecule has 0 spiro atoms. The number of hydrogen-bond donors (Lipinski definition) is 0. The quantitative estimate of drug-likeness (QED) is 0.383. The molecule has 0 fully saturated rings. The van der Waals surface area contributed by atoms with Gasteiger partial charge in [0.05, 0.1) is 12.8 Å². The molecule has 0 aliphatic rings. The van der Waals surface area contributed by atoms with E-state index in [-0.39, 0.29) is 11.2 Å². The number of thioether (sulfide) groups is 1. The van der Waals surface area contributed by atoms with Crippen molar-refractivity contribution in [3.05, 3.63) is 0 Å². The van der Waals surface area contributed by atoms with Crippen LogP contribution in [0.5, 0.6) is 0 Å². The van der Waals surface area contributed by atoms with Crippen molar-refractivity contribution in [1.29, 1.82) is 0 Å². The van der Waals surface area contributed by atoms with Gasteiger partial charge in [0, 0.05) is 0 Å². The van der Waals surface area contributed by atoms with E-state index >= 15 is 0 Å². The summed E-state index contributed by atoms with van der Waals surface area (Å²) >= 11 is 1.67. The molecule has 0 amide bonds. The second kappa shape index (κ2) is 12.8. The van der Waals surface area contributed by atoms with Gasteiger partial charge in [0.15, 0.2) is 0 Å². The monoisotopic (exact) mass is 292 g/mol. The number of esters is 1. The summed E-state index contributed by atoms with van der Waals surface area (Å²) in [6.45, 7) is 6.46. The molecule has 2 nitrogen and oxygen atoms in total. The van der Waals surface area contributed by atoms with Gasteiger partial charge in [-0.2, -0.15) is 0 Å². The molecule has 0 saturated carbocycles. The van der Waals surface area contributed by atoms with Crippen molar-refractivity contribution in [2.75, 3.05) is 12.4 Å². The van der Waals surface area contributed by atoms with Crippen LogP contribution in [-0.2, 0) is 9.53 Å². The summed E-state index contributed by atoms with van der Waals surface area (Å²) in [5.74, 6) is 0.841. The highest BCUT2D eigenvalue weighted by molar-refractivity contribution is 8.00. The van der Waals surface area contributed by atoms with E-state index < -0.39 is 6.17 Å². The Morgan fingerprint density at radius 1 is 1.16 bits per heavy atom. The van der Waals surface area contributed by atoms with Crippen LogP contribution in [0.2, 0.25) is 0 Å². The fourth-order valence-corrected chi connectivity index (χ4v) is 2.99. The van der Waals surface area contributed by atoms with Gasteiger partial charge in [-0.15, -0.1) is 11.8 Å². The van der Waals surface area contributed by atoms with Gasteiger partial charge in [0.2, 0.25) is 0 Å². The number of rotatable bonds is 12. The highest BCUT2D eigenvalue weighted by Gasteiger charge is 2.19. The van der Waals surface area contributed by atoms with E-state index in [1.807, 2.05) is 13.8 Å². The molecule has 2 atom stereocenters. The van der Waals surface area contributed by atoms with Gasteiger partial charge in [-0.25, -0.2) is 4.39 Å². The molecule has 0 aromatic rings. The Bertz CT molecular complexity index is 224. The molecule has 0 saturated heterocycles. The van der Waals surface area contributed by atoms with Crippen molar-refractivity contribution in [3.8, 4) is 0 Å². The molecule has 0 rings (SSSR count). The highest BCUT2D eigenvalue weighted by atomic mass is 32.2. The van der Waals surface area contributed by atoms with Gasteiger partial charge in [0.1, 0.15) is 5.25 Å². The molecule has 0 aliphatic carbocycles. The molecule has 0 heterocycles. The first kappa shape index (κ1) is 18.8. The Balaban J connectivity index is 3.78. The molecule has 2 unspecified atom stereocenters. The van der Waals surface area contributed by atoms with Crippen LogP contribution in [0, 0.1) is 0 Å². The number of ether oxygens (including phenoxy) is 1. The molecule has 19 heavy (non-hydrogen) atoms. The van der Waals surface area contributed by atoms with Crippen molar-refractivity contribution >= 4 is 17.7 Å². The largest absolute Gasteiger partial charge is 0.465 e. The van der Waals surface area contributed by atoms with E-state index in [0.717, 1.165) is 37.9 Å². The maximum absolute atomic E-state index is 13.0. The number of hydrogen-bond acceptors (Lipinski definition) is 3. The number of alkyl halides is 1. The summed E-state index contributed by atoms with van der Waals surface area (Å²) < 4.78 is 18.2. The predicted molar refractivity (Wildman–Crippen MR) is 81.4 cm³/mol. The molecule has 0 aromatic carbocycles. The third-order valence-electron chi connectivity index (χ3n) is 2.94. The van der Waals surface area contributed by atoms with Crippen LogP contribution in [0.25, 0.3) is 0 Å². The van der Waals surface area contributed by atoms with Crippen LogP contribution in [0.1, 0.15) is 65.7 Å². The summed E-state index contributed by atoms with van der Waals surface area (Å²) in [4.78, 5) is 11.8. The Morgan fingerprint density at radius 3 is 2.47 bits per heavy atom. The van der Waals surface area contributed by atoms with Gasteiger partial charge >= 0.3 is 5.97 Å². The maximum atomic E-state index is 13.0. The van der Waals surface area contributed by atoms with Gasteiger partial charge in [0.25, 0.3) is 0 Å². The van der Waals surface area contributed by atoms with Crippen LogP contribution < -0.4 is 0 Å².